The Morgan fingerprint density at radius 2 is 2.06 bits per heavy atom. The van der Waals surface area contributed by atoms with Crippen molar-refractivity contribution >= 4 is 39.2 Å². The predicted molar refractivity (Wildman–Crippen MR) is 131 cm³/mol. The van der Waals surface area contributed by atoms with Gasteiger partial charge in [0.05, 0.1) is 36.6 Å². The average Bonchev–Trinajstić information content (AvgIpc) is 3.21. The van der Waals surface area contributed by atoms with E-state index in [2.05, 4.69) is 0 Å². The van der Waals surface area contributed by atoms with E-state index in [1.807, 2.05) is 36.1 Å². The largest absolute Gasteiger partial charge is 0.497 e. The summed E-state index contributed by atoms with van der Waals surface area (Å²) in [5.74, 6) is 0.988. The molecular weight excluding hydrogens is 458 g/mol. The zero-order chi connectivity index (χ0) is 22.9. The molecule has 1 atom stereocenters. The van der Waals surface area contributed by atoms with E-state index in [-0.39, 0.29) is 23.3 Å². The molecule has 174 valence electrons. The number of aromatic nitrogens is 2. The number of morpholine rings is 1. The fourth-order valence-corrected chi connectivity index (χ4v) is 6.72. The highest BCUT2D eigenvalue weighted by Gasteiger charge is 2.25. The zero-order valence-corrected chi connectivity index (χ0v) is 20.5. The summed E-state index contributed by atoms with van der Waals surface area (Å²) in [6.07, 6.45) is 4.23. The molecule has 0 radical (unpaired) electrons. The maximum atomic E-state index is 13.8. The van der Waals surface area contributed by atoms with E-state index in [9.17, 15) is 9.59 Å². The van der Waals surface area contributed by atoms with E-state index in [1.54, 1.807) is 23.0 Å². The number of hydrogen-bond acceptors (Lipinski definition) is 7. The molecule has 1 aliphatic carbocycles. The first-order chi connectivity index (χ1) is 16.0. The zero-order valence-electron chi connectivity index (χ0n) is 18.8. The third kappa shape index (κ3) is 4.41. The Balaban J connectivity index is 1.54. The fourth-order valence-electron chi connectivity index (χ4n) is 4.50. The summed E-state index contributed by atoms with van der Waals surface area (Å²) in [7, 11) is 1.62. The van der Waals surface area contributed by atoms with Gasteiger partial charge in [-0.15, -0.1) is 11.3 Å². The molecule has 7 nitrogen and oxygen atoms in total. The third-order valence-electron chi connectivity index (χ3n) is 6.21. The number of carbonyl (C=O) groups is 1. The Bertz CT molecular complexity index is 1240. The van der Waals surface area contributed by atoms with Crippen LogP contribution in [0.1, 0.15) is 30.2 Å². The summed E-state index contributed by atoms with van der Waals surface area (Å²) in [6.45, 7) is 3.72. The molecule has 2 aromatic heterocycles. The van der Waals surface area contributed by atoms with E-state index in [4.69, 9.17) is 14.5 Å². The summed E-state index contributed by atoms with van der Waals surface area (Å²) in [6, 6.07) is 7.40. The molecule has 1 unspecified atom stereocenters. The highest BCUT2D eigenvalue weighted by Crippen LogP contribution is 2.35. The van der Waals surface area contributed by atoms with Crippen LogP contribution >= 0.6 is 23.1 Å². The first-order valence-electron chi connectivity index (χ1n) is 11.3. The van der Waals surface area contributed by atoms with Crippen LogP contribution in [0.4, 0.5) is 0 Å². The van der Waals surface area contributed by atoms with Gasteiger partial charge >= 0.3 is 0 Å². The minimum Gasteiger partial charge on any atom is -0.497 e. The number of ether oxygens (including phenoxy) is 2. The molecule has 2 aliphatic rings. The van der Waals surface area contributed by atoms with Gasteiger partial charge in [-0.05, 0) is 62.4 Å². The highest BCUT2D eigenvalue weighted by atomic mass is 32.2. The van der Waals surface area contributed by atoms with Crippen molar-refractivity contribution in [2.75, 3.05) is 32.6 Å². The molecule has 1 aromatic carbocycles. The van der Waals surface area contributed by atoms with E-state index in [0.717, 1.165) is 52.9 Å². The number of fused-ring (bicyclic) bond motifs is 3. The van der Waals surface area contributed by atoms with Gasteiger partial charge in [0.2, 0.25) is 5.91 Å². The molecule has 1 aliphatic heterocycles. The van der Waals surface area contributed by atoms with Gasteiger partial charge in [0.25, 0.3) is 5.56 Å². The third-order valence-corrected chi connectivity index (χ3v) is 8.32. The van der Waals surface area contributed by atoms with Crippen molar-refractivity contribution in [3.8, 4) is 11.4 Å². The SMILES string of the molecule is COc1ccc(-n2c(SCC(=O)N3CCOC(C)C3)nc3sc4c(c3c2=O)CCCC4)cc1. The first kappa shape index (κ1) is 22.4. The number of carbonyl (C=O) groups excluding carboxylic acids is 1. The first-order valence-corrected chi connectivity index (χ1v) is 13.1. The second kappa shape index (κ2) is 9.48. The summed E-state index contributed by atoms with van der Waals surface area (Å²) in [5.41, 5.74) is 1.83. The van der Waals surface area contributed by atoms with Crippen molar-refractivity contribution in [3.63, 3.8) is 0 Å². The minimum atomic E-state index is -0.0560. The van der Waals surface area contributed by atoms with Crippen LogP contribution in [-0.2, 0) is 22.4 Å². The van der Waals surface area contributed by atoms with Gasteiger partial charge in [0.15, 0.2) is 5.16 Å². The monoisotopic (exact) mass is 485 g/mol. The number of hydrogen-bond donors (Lipinski definition) is 0. The molecule has 0 saturated carbocycles. The van der Waals surface area contributed by atoms with E-state index in [0.29, 0.717) is 24.9 Å². The molecule has 0 bridgehead atoms. The second-order valence-electron chi connectivity index (χ2n) is 8.43. The van der Waals surface area contributed by atoms with Crippen LogP contribution in [0.3, 0.4) is 0 Å². The van der Waals surface area contributed by atoms with Crippen LogP contribution in [0.5, 0.6) is 5.75 Å². The van der Waals surface area contributed by atoms with Crippen molar-refractivity contribution in [2.24, 2.45) is 0 Å². The molecule has 0 spiro atoms. The minimum absolute atomic E-state index is 0.0382. The van der Waals surface area contributed by atoms with Crippen LogP contribution in [0.15, 0.2) is 34.2 Å². The molecule has 1 fully saturated rings. The molecule has 9 heteroatoms. The molecule has 1 saturated heterocycles. The quantitative estimate of drug-likeness (QED) is 0.406. The maximum Gasteiger partial charge on any atom is 0.267 e. The molecule has 5 rings (SSSR count). The Labute approximate surface area is 200 Å². The topological polar surface area (TPSA) is 73.7 Å². The number of methoxy groups -OCH3 is 1. The van der Waals surface area contributed by atoms with Gasteiger partial charge in [-0.3, -0.25) is 14.2 Å². The maximum absolute atomic E-state index is 13.8. The molecule has 0 N–H and O–H groups in total. The van der Waals surface area contributed by atoms with Gasteiger partial charge < -0.3 is 14.4 Å². The smallest absolute Gasteiger partial charge is 0.267 e. The van der Waals surface area contributed by atoms with Crippen molar-refractivity contribution in [1.29, 1.82) is 0 Å². The Morgan fingerprint density at radius 3 is 2.82 bits per heavy atom. The van der Waals surface area contributed by atoms with Gasteiger partial charge in [-0.1, -0.05) is 11.8 Å². The number of thiophene rings is 1. The number of nitrogens with zero attached hydrogens (tertiary/aromatic N) is 3. The van der Waals surface area contributed by atoms with Gasteiger partial charge in [0.1, 0.15) is 10.6 Å². The highest BCUT2D eigenvalue weighted by molar-refractivity contribution is 7.99. The number of thioether (sulfide) groups is 1. The van der Waals surface area contributed by atoms with Crippen LogP contribution in [0, 0.1) is 0 Å². The molecular formula is C24H27N3O4S2. The van der Waals surface area contributed by atoms with Gasteiger partial charge in [0, 0.05) is 18.0 Å². The van der Waals surface area contributed by atoms with Crippen LogP contribution in [0.25, 0.3) is 15.9 Å². The number of aryl methyl sites for hydroxylation is 2. The molecule has 3 aromatic rings. The Morgan fingerprint density at radius 1 is 1.27 bits per heavy atom. The second-order valence-corrected chi connectivity index (χ2v) is 10.5. The molecule has 3 heterocycles. The number of benzene rings is 1. The number of amides is 1. The van der Waals surface area contributed by atoms with Crippen molar-refractivity contribution in [2.45, 2.75) is 43.9 Å². The Hall–Kier alpha value is -2.36. The van der Waals surface area contributed by atoms with Crippen LogP contribution in [0.2, 0.25) is 0 Å². The normalized spacial score (nSPS) is 18.4. The summed E-state index contributed by atoms with van der Waals surface area (Å²) in [5, 5.41) is 1.29. The van der Waals surface area contributed by atoms with Gasteiger partial charge in [-0.25, -0.2) is 4.98 Å². The predicted octanol–water partition coefficient (Wildman–Crippen LogP) is 3.67. The average molecular weight is 486 g/mol. The van der Waals surface area contributed by atoms with Crippen molar-refractivity contribution in [1.82, 2.24) is 14.5 Å². The van der Waals surface area contributed by atoms with Gasteiger partial charge in [-0.2, -0.15) is 0 Å². The van der Waals surface area contributed by atoms with Crippen molar-refractivity contribution in [3.05, 3.63) is 45.1 Å². The summed E-state index contributed by atoms with van der Waals surface area (Å²) in [4.78, 5) is 35.5. The fraction of sp³-hybridized carbons (Fsp3) is 0.458. The lowest BCUT2D eigenvalue weighted by Crippen LogP contribution is -2.45. The number of rotatable bonds is 5. The van der Waals surface area contributed by atoms with Crippen LogP contribution in [-0.4, -0.2) is 59.0 Å². The lowest BCUT2D eigenvalue weighted by Gasteiger charge is -2.31. The summed E-state index contributed by atoms with van der Waals surface area (Å²) >= 11 is 2.96. The van der Waals surface area contributed by atoms with E-state index < -0.39 is 0 Å². The van der Waals surface area contributed by atoms with E-state index in [1.165, 1.54) is 16.6 Å². The summed E-state index contributed by atoms with van der Waals surface area (Å²) < 4.78 is 12.5. The lowest BCUT2D eigenvalue weighted by atomic mass is 9.97. The lowest BCUT2D eigenvalue weighted by molar-refractivity contribution is -0.135. The molecule has 33 heavy (non-hydrogen) atoms. The van der Waals surface area contributed by atoms with E-state index >= 15 is 0 Å². The Kier molecular flexibility index (Phi) is 6.44. The molecule has 1 amide bonds. The van der Waals surface area contributed by atoms with Crippen molar-refractivity contribution < 1.29 is 14.3 Å². The standard InChI is InChI=1S/C24H27N3O4S2/c1-15-13-26(11-12-31-15)20(28)14-32-24-25-22-21(18-5-3-4-6-19(18)33-22)23(29)27(24)16-7-9-17(30-2)10-8-16/h7-10,15H,3-6,11-14H2,1-2H3. The van der Waals surface area contributed by atoms with Crippen LogP contribution < -0.4 is 10.3 Å².